The molecule has 0 aliphatic carbocycles. The van der Waals surface area contributed by atoms with Crippen molar-refractivity contribution in [3.63, 3.8) is 0 Å². The number of ether oxygens (including phenoxy) is 2. The Hall–Kier alpha value is -1.68. The van der Waals surface area contributed by atoms with Gasteiger partial charge in [-0.25, -0.2) is 8.42 Å². The first-order valence-electron chi connectivity index (χ1n) is 9.69. The fourth-order valence-electron chi connectivity index (χ4n) is 3.14. The molecular weight excluding hydrogens is 382 g/mol. The molecule has 8 nitrogen and oxygen atoms in total. The first-order chi connectivity index (χ1) is 13.4. The van der Waals surface area contributed by atoms with E-state index in [9.17, 15) is 13.2 Å². The lowest BCUT2D eigenvalue weighted by Gasteiger charge is -2.28. The number of rotatable bonds is 10. The van der Waals surface area contributed by atoms with Crippen molar-refractivity contribution in [1.29, 1.82) is 0 Å². The van der Waals surface area contributed by atoms with Gasteiger partial charge in [-0.05, 0) is 38.5 Å². The SMILES string of the molecule is CCN(CC)c1ccc(S(=O)(=O)N2CCOCC2)cc1NC(=O)CCCOC. The Bertz CT molecular complexity index is 744. The largest absolute Gasteiger partial charge is 0.385 e. The molecule has 1 fully saturated rings. The highest BCUT2D eigenvalue weighted by molar-refractivity contribution is 7.89. The highest BCUT2D eigenvalue weighted by Gasteiger charge is 2.27. The van der Waals surface area contributed by atoms with Gasteiger partial charge in [-0.15, -0.1) is 0 Å². The highest BCUT2D eigenvalue weighted by atomic mass is 32.2. The number of nitrogens with one attached hydrogen (secondary N) is 1. The van der Waals surface area contributed by atoms with Crippen molar-refractivity contribution in [2.45, 2.75) is 31.6 Å². The second-order valence-electron chi connectivity index (χ2n) is 6.51. The summed E-state index contributed by atoms with van der Waals surface area (Å²) >= 11 is 0. The smallest absolute Gasteiger partial charge is 0.243 e. The number of morpholine rings is 1. The van der Waals surface area contributed by atoms with Crippen molar-refractivity contribution in [2.24, 2.45) is 0 Å². The predicted molar refractivity (Wildman–Crippen MR) is 109 cm³/mol. The van der Waals surface area contributed by atoms with Crippen molar-refractivity contribution >= 4 is 27.3 Å². The Kier molecular flexibility index (Phi) is 8.68. The van der Waals surface area contributed by atoms with Crippen LogP contribution in [-0.4, -0.2) is 71.7 Å². The third kappa shape index (κ3) is 5.66. The molecule has 0 spiro atoms. The van der Waals surface area contributed by atoms with Gasteiger partial charge in [0.15, 0.2) is 0 Å². The minimum Gasteiger partial charge on any atom is -0.385 e. The average Bonchev–Trinajstić information content (AvgIpc) is 2.70. The molecule has 1 saturated heterocycles. The van der Waals surface area contributed by atoms with Crippen LogP contribution in [0.2, 0.25) is 0 Å². The van der Waals surface area contributed by atoms with Crippen LogP contribution in [0.5, 0.6) is 0 Å². The molecule has 1 aromatic rings. The summed E-state index contributed by atoms with van der Waals surface area (Å²) in [6.45, 7) is 7.48. The monoisotopic (exact) mass is 413 g/mol. The van der Waals surface area contributed by atoms with E-state index in [0.717, 1.165) is 18.8 Å². The van der Waals surface area contributed by atoms with Crippen LogP contribution in [0, 0.1) is 0 Å². The molecule has 1 aromatic carbocycles. The van der Waals surface area contributed by atoms with E-state index in [4.69, 9.17) is 9.47 Å². The number of sulfonamides is 1. The van der Waals surface area contributed by atoms with Gasteiger partial charge < -0.3 is 19.7 Å². The molecular formula is C19H31N3O5S. The van der Waals surface area contributed by atoms with E-state index >= 15 is 0 Å². The zero-order valence-corrected chi connectivity index (χ0v) is 17.8. The van der Waals surface area contributed by atoms with Crippen LogP contribution < -0.4 is 10.2 Å². The molecule has 1 N–H and O–H groups in total. The lowest BCUT2D eigenvalue weighted by Crippen LogP contribution is -2.40. The fraction of sp³-hybridized carbons (Fsp3) is 0.632. The van der Waals surface area contributed by atoms with Crippen LogP contribution in [0.1, 0.15) is 26.7 Å². The number of nitrogens with zero attached hydrogens (tertiary/aromatic N) is 2. The zero-order valence-electron chi connectivity index (χ0n) is 16.9. The Morgan fingerprint density at radius 3 is 2.54 bits per heavy atom. The number of anilines is 2. The van der Waals surface area contributed by atoms with Gasteiger partial charge in [-0.2, -0.15) is 4.31 Å². The molecule has 28 heavy (non-hydrogen) atoms. The molecule has 9 heteroatoms. The third-order valence-corrected chi connectivity index (χ3v) is 6.60. The molecule has 0 saturated carbocycles. The number of amides is 1. The maximum Gasteiger partial charge on any atom is 0.243 e. The van der Waals surface area contributed by atoms with Gasteiger partial charge in [-0.1, -0.05) is 0 Å². The van der Waals surface area contributed by atoms with Gasteiger partial charge in [0.25, 0.3) is 0 Å². The van der Waals surface area contributed by atoms with Crippen LogP contribution in [0.3, 0.4) is 0 Å². The number of benzene rings is 1. The molecule has 1 aliphatic heterocycles. The van der Waals surface area contributed by atoms with Crippen LogP contribution in [0.25, 0.3) is 0 Å². The number of carbonyl (C=O) groups is 1. The quantitative estimate of drug-likeness (QED) is 0.590. The summed E-state index contributed by atoms with van der Waals surface area (Å²) < 4.78 is 37.6. The van der Waals surface area contributed by atoms with E-state index < -0.39 is 10.0 Å². The van der Waals surface area contributed by atoms with Crippen molar-refractivity contribution in [3.05, 3.63) is 18.2 Å². The number of hydrogen-bond donors (Lipinski definition) is 1. The lowest BCUT2D eigenvalue weighted by molar-refractivity contribution is -0.116. The molecule has 158 valence electrons. The summed E-state index contributed by atoms with van der Waals surface area (Å²) in [5.74, 6) is -0.161. The van der Waals surface area contributed by atoms with Crippen LogP contribution in [0.4, 0.5) is 11.4 Å². The van der Waals surface area contributed by atoms with E-state index in [0.29, 0.717) is 51.4 Å². The molecule has 1 amide bonds. The Labute approximate surface area is 167 Å². The van der Waals surface area contributed by atoms with E-state index in [2.05, 4.69) is 10.2 Å². The van der Waals surface area contributed by atoms with Crippen LogP contribution >= 0.6 is 0 Å². The lowest BCUT2D eigenvalue weighted by atomic mass is 10.2. The van der Waals surface area contributed by atoms with Crippen molar-refractivity contribution in [1.82, 2.24) is 4.31 Å². The second kappa shape index (κ2) is 10.8. The van der Waals surface area contributed by atoms with E-state index in [1.165, 1.54) is 4.31 Å². The normalized spacial score (nSPS) is 15.4. The minimum absolute atomic E-state index is 0.161. The average molecular weight is 414 g/mol. The summed E-state index contributed by atoms with van der Waals surface area (Å²) in [6.07, 6.45) is 0.917. The molecule has 1 aliphatic rings. The summed E-state index contributed by atoms with van der Waals surface area (Å²) in [7, 11) is -2.04. The van der Waals surface area contributed by atoms with Gasteiger partial charge >= 0.3 is 0 Å². The van der Waals surface area contributed by atoms with Gasteiger partial charge in [0.1, 0.15) is 0 Å². The first kappa shape index (κ1) is 22.6. The van der Waals surface area contributed by atoms with Gasteiger partial charge in [0.05, 0.1) is 29.5 Å². The summed E-state index contributed by atoms with van der Waals surface area (Å²) in [5.41, 5.74) is 1.33. The van der Waals surface area contributed by atoms with Gasteiger partial charge in [0, 0.05) is 46.3 Å². The standard InChI is InChI=1S/C19H31N3O5S/c1-4-21(5-2)18-9-8-16(28(24,25)22-10-13-27-14-11-22)15-17(18)20-19(23)7-6-12-26-3/h8-9,15H,4-7,10-14H2,1-3H3,(H,20,23). The number of carbonyl (C=O) groups excluding carboxylic acids is 1. The van der Waals surface area contributed by atoms with E-state index in [1.807, 2.05) is 13.8 Å². The van der Waals surface area contributed by atoms with E-state index in [1.54, 1.807) is 25.3 Å². The molecule has 2 rings (SSSR count). The van der Waals surface area contributed by atoms with E-state index in [-0.39, 0.29) is 10.8 Å². The summed E-state index contributed by atoms with van der Waals surface area (Å²) in [5, 5.41) is 2.89. The molecule has 0 aromatic heterocycles. The maximum atomic E-state index is 13.0. The molecule has 1 heterocycles. The number of methoxy groups -OCH3 is 1. The van der Waals surface area contributed by atoms with Crippen LogP contribution in [-0.2, 0) is 24.3 Å². The summed E-state index contributed by atoms with van der Waals surface area (Å²) in [4.78, 5) is 14.6. The fourth-order valence-corrected chi connectivity index (χ4v) is 4.58. The van der Waals surface area contributed by atoms with Crippen molar-refractivity contribution in [2.75, 3.05) is 63.3 Å². The zero-order chi connectivity index (χ0) is 20.6. The van der Waals surface area contributed by atoms with Gasteiger partial charge in [0.2, 0.25) is 15.9 Å². The molecule has 0 radical (unpaired) electrons. The minimum atomic E-state index is -3.63. The third-order valence-electron chi connectivity index (χ3n) is 4.71. The van der Waals surface area contributed by atoms with Crippen molar-refractivity contribution < 1.29 is 22.7 Å². The first-order valence-corrected chi connectivity index (χ1v) is 11.1. The van der Waals surface area contributed by atoms with Gasteiger partial charge in [-0.3, -0.25) is 4.79 Å². The number of hydrogen-bond acceptors (Lipinski definition) is 6. The highest BCUT2D eigenvalue weighted by Crippen LogP contribution is 2.30. The molecule has 0 bridgehead atoms. The maximum absolute atomic E-state index is 13.0. The molecule has 0 unspecified atom stereocenters. The van der Waals surface area contributed by atoms with Crippen molar-refractivity contribution in [3.8, 4) is 0 Å². The second-order valence-corrected chi connectivity index (χ2v) is 8.45. The Morgan fingerprint density at radius 2 is 1.93 bits per heavy atom. The Morgan fingerprint density at radius 1 is 1.25 bits per heavy atom. The topological polar surface area (TPSA) is 88.2 Å². The summed E-state index contributed by atoms with van der Waals surface area (Å²) in [6, 6.07) is 4.94. The Balaban J connectivity index is 2.32. The van der Waals surface area contributed by atoms with Crippen LogP contribution in [0.15, 0.2) is 23.1 Å². The molecule has 0 atom stereocenters. The predicted octanol–water partition coefficient (Wildman–Crippen LogP) is 1.92.